The molecule has 0 saturated carbocycles. The summed E-state index contributed by atoms with van der Waals surface area (Å²) in [6, 6.07) is 6.36. The van der Waals surface area contributed by atoms with Gasteiger partial charge in [-0.3, -0.25) is 0 Å². The maximum Gasteiger partial charge on any atom is 0.219 e. The largest absolute Gasteiger partial charge is 0.436 e. The lowest BCUT2D eigenvalue weighted by Crippen LogP contribution is -1.95. The van der Waals surface area contributed by atoms with E-state index in [4.69, 9.17) is 10.5 Å². The van der Waals surface area contributed by atoms with E-state index in [-0.39, 0.29) is 5.75 Å². The molecule has 2 aromatic rings. The fraction of sp³-hybridized carbons (Fsp3) is 0.154. The summed E-state index contributed by atoms with van der Waals surface area (Å²) in [6.45, 7) is 3.71. The third-order valence-corrected chi connectivity index (χ3v) is 2.43. The van der Waals surface area contributed by atoms with Gasteiger partial charge in [-0.15, -0.1) is 0 Å². The smallest absolute Gasteiger partial charge is 0.219 e. The summed E-state index contributed by atoms with van der Waals surface area (Å²) in [4.78, 5) is 3.99. The first-order valence-corrected chi connectivity index (χ1v) is 5.22. The number of aromatic nitrogens is 1. The van der Waals surface area contributed by atoms with E-state index >= 15 is 0 Å². The predicted molar refractivity (Wildman–Crippen MR) is 64.6 cm³/mol. The van der Waals surface area contributed by atoms with Crippen molar-refractivity contribution in [3.05, 3.63) is 47.4 Å². The molecule has 0 aliphatic heterocycles. The van der Waals surface area contributed by atoms with Crippen LogP contribution in [0.5, 0.6) is 11.6 Å². The van der Waals surface area contributed by atoms with Crippen LogP contribution >= 0.6 is 0 Å². The SMILES string of the molecule is Cc1ccc(F)c(Oc2cc(C)c(N)cn2)c1. The number of aryl methyl sites for hydroxylation is 2. The van der Waals surface area contributed by atoms with Gasteiger partial charge in [0.05, 0.1) is 11.9 Å². The monoisotopic (exact) mass is 232 g/mol. The Balaban J connectivity index is 2.31. The zero-order chi connectivity index (χ0) is 12.4. The van der Waals surface area contributed by atoms with E-state index in [0.717, 1.165) is 11.1 Å². The standard InChI is InChI=1S/C13H13FN2O/c1-8-3-4-10(14)12(5-8)17-13-6-9(2)11(15)7-16-13/h3-7H,15H2,1-2H3. The summed E-state index contributed by atoms with van der Waals surface area (Å²) in [5, 5.41) is 0. The van der Waals surface area contributed by atoms with Gasteiger partial charge in [-0.1, -0.05) is 6.07 Å². The second-order valence-corrected chi connectivity index (χ2v) is 3.92. The maximum atomic E-state index is 13.5. The second kappa shape index (κ2) is 4.41. The van der Waals surface area contributed by atoms with E-state index in [2.05, 4.69) is 4.98 Å². The molecule has 0 radical (unpaired) electrons. The number of ether oxygens (including phenoxy) is 1. The first kappa shape index (κ1) is 11.4. The van der Waals surface area contributed by atoms with Gasteiger partial charge in [0.15, 0.2) is 11.6 Å². The van der Waals surface area contributed by atoms with E-state index in [1.807, 2.05) is 13.8 Å². The van der Waals surface area contributed by atoms with Crippen LogP contribution in [0, 0.1) is 19.7 Å². The highest BCUT2D eigenvalue weighted by Gasteiger charge is 2.06. The van der Waals surface area contributed by atoms with Crippen molar-refractivity contribution in [3.8, 4) is 11.6 Å². The molecule has 1 aromatic carbocycles. The average Bonchev–Trinajstić information content (AvgIpc) is 2.29. The van der Waals surface area contributed by atoms with Crippen LogP contribution in [0.1, 0.15) is 11.1 Å². The number of nitrogen functional groups attached to an aromatic ring is 1. The summed E-state index contributed by atoms with van der Waals surface area (Å²) in [7, 11) is 0. The first-order chi connectivity index (χ1) is 8.06. The Labute approximate surface area is 99.1 Å². The molecule has 2 rings (SSSR count). The number of pyridine rings is 1. The molecule has 3 nitrogen and oxygen atoms in total. The van der Waals surface area contributed by atoms with Gasteiger partial charge in [0.2, 0.25) is 5.88 Å². The normalized spacial score (nSPS) is 10.3. The molecule has 1 aromatic heterocycles. The highest BCUT2D eigenvalue weighted by molar-refractivity contribution is 5.46. The quantitative estimate of drug-likeness (QED) is 0.864. The van der Waals surface area contributed by atoms with Crippen LogP contribution in [0.2, 0.25) is 0 Å². The number of hydrogen-bond donors (Lipinski definition) is 1. The summed E-state index contributed by atoms with van der Waals surface area (Å²) < 4.78 is 18.8. The number of hydrogen-bond acceptors (Lipinski definition) is 3. The van der Waals surface area contributed by atoms with E-state index in [1.165, 1.54) is 12.3 Å². The van der Waals surface area contributed by atoms with Gasteiger partial charge in [-0.05, 0) is 37.1 Å². The van der Waals surface area contributed by atoms with Crippen molar-refractivity contribution < 1.29 is 9.13 Å². The zero-order valence-corrected chi connectivity index (χ0v) is 9.70. The van der Waals surface area contributed by atoms with Crippen LogP contribution in [-0.2, 0) is 0 Å². The number of nitrogens with zero attached hydrogens (tertiary/aromatic N) is 1. The molecule has 0 spiro atoms. The van der Waals surface area contributed by atoms with Gasteiger partial charge >= 0.3 is 0 Å². The van der Waals surface area contributed by atoms with Crippen LogP contribution < -0.4 is 10.5 Å². The molecule has 0 aliphatic rings. The van der Waals surface area contributed by atoms with Gasteiger partial charge in [-0.2, -0.15) is 0 Å². The van der Waals surface area contributed by atoms with Crippen molar-refractivity contribution in [3.63, 3.8) is 0 Å². The molecular formula is C13H13FN2O. The molecule has 0 atom stereocenters. The average molecular weight is 232 g/mol. The van der Waals surface area contributed by atoms with Crippen molar-refractivity contribution in [2.24, 2.45) is 0 Å². The number of halogens is 1. The number of rotatable bonds is 2. The van der Waals surface area contributed by atoms with Crippen molar-refractivity contribution in [2.45, 2.75) is 13.8 Å². The Morgan fingerprint density at radius 3 is 2.71 bits per heavy atom. The number of anilines is 1. The molecule has 0 amide bonds. The summed E-state index contributed by atoms with van der Waals surface area (Å²) in [5.41, 5.74) is 8.00. The highest BCUT2D eigenvalue weighted by Crippen LogP contribution is 2.25. The van der Waals surface area contributed by atoms with Crippen LogP contribution in [0.3, 0.4) is 0 Å². The molecule has 0 saturated heterocycles. The Bertz CT molecular complexity index is 555. The first-order valence-electron chi connectivity index (χ1n) is 5.22. The summed E-state index contributed by atoms with van der Waals surface area (Å²) >= 11 is 0. The minimum Gasteiger partial charge on any atom is -0.436 e. The molecule has 17 heavy (non-hydrogen) atoms. The number of benzene rings is 1. The molecule has 0 unspecified atom stereocenters. The van der Waals surface area contributed by atoms with Gasteiger partial charge in [-0.25, -0.2) is 9.37 Å². The topological polar surface area (TPSA) is 48.1 Å². The van der Waals surface area contributed by atoms with Gasteiger partial charge < -0.3 is 10.5 Å². The minimum absolute atomic E-state index is 0.168. The van der Waals surface area contributed by atoms with Gasteiger partial charge in [0, 0.05) is 6.07 Å². The Morgan fingerprint density at radius 1 is 1.24 bits per heavy atom. The van der Waals surface area contributed by atoms with Crippen LogP contribution in [-0.4, -0.2) is 4.98 Å². The maximum absolute atomic E-state index is 13.5. The Morgan fingerprint density at radius 2 is 2.00 bits per heavy atom. The van der Waals surface area contributed by atoms with Crippen LogP contribution in [0.25, 0.3) is 0 Å². The van der Waals surface area contributed by atoms with E-state index < -0.39 is 5.82 Å². The lowest BCUT2D eigenvalue weighted by atomic mass is 10.2. The third kappa shape index (κ3) is 2.53. The summed E-state index contributed by atoms with van der Waals surface area (Å²) in [5.74, 6) is 0.0924. The van der Waals surface area contributed by atoms with Crippen LogP contribution in [0.4, 0.5) is 10.1 Å². The minimum atomic E-state index is -0.410. The highest BCUT2D eigenvalue weighted by atomic mass is 19.1. The zero-order valence-electron chi connectivity index (χ0n) is 9.70. The molecule has 4 heteroatoms. The fourth-order valence-electron chi connectivity index (χ4n) is 1.40. The predicted octanol–water partition coefficient (Wildman–Crippen LogP) is 3.21. The van der Waals surface area contributed by atoms with E-state index in [0.29, 0.717) is 11.6 Å². The molecule has 0 bridgehead atoms. The fourth-order valence-corrected chi connectivity index (χ4v) is 1.40. The van der Waals surface area contributed by atoms with Crippen molar-refractivity contribution in [1.82, 2.24) is 4.98 Å². The van der Waals surface area contributed by atoms with Gasteiger partial charge in [0.25, 0.3) is 0 Å². The van der Waals surface area contributed by atoms with Crippen molar-refractivity contribution >= 4 is 5.69 Å². The number of nitrogens with two attached hydrogens (primary N) is 1. The third-order valence-electron chi connectivity index (χ3n) is 2.43. The molecule has 2 N–H and O–H groups in total. The Kier molecular flexibility index (Phi) is 2.95. The molecule has 88 valence electrons. The Hall–Kier alpha value is -2.10. The van der Waals surface area contributed by atoms with Gasteiger partial charge in [0.1, 0.15) is 0 Å². The van der Waals surface area contributed by atoms with Crippen molar-refractivity contribution in [2.75, 3.05) is 5.73 Å². The van der Waals surface area contributed by atoms with E-state index in [9.17, 15) is 4.39 Å². The molecule has 0 fully saturated rings. The lowest BCUT2D eigenvalue weighted by molar-refractivity contribution is 0.427. The molecule has 0 aliphatic carbocycles. The van der Waals surface area contributed by atoms with E-state index in [1.54, 1.807) is 18.2 Å². The molecule has 1 heterocycles. The van der Waals surface area contributed by atoms with Crippen LogP contribution in [0.15, 0.2) is 30.5 Å². The van der Waals surface area contributed by atoms with Crippen molar-refractivity contribution in [1.29, 1.82) is 0 Å². The lowest BCUT2D eigenvalue weighted by Gasteiger charge is -2.08. The summed E-state index contributed by atoms with van der Waals surface area (Å²) in [6.07, 6.45) is 1.50. The second-order valence-electron chi connectivity index (χ2n) is 3.92. The molecular weight excluding hydrogens is 219 g/mol.